The maximum atomic E-state index is 9.74. The molecule has 2 N–H and O–H groups in total. The van der Waals surface area contributed by atoms with Crippen LogP contribution in [0.1, 0.15) is 53.4 Å². The number of hydrogen-bond acceptors (Lipinski definition) is 3. The van der Waals surface area contributed by atoms with Gasteiger partial charge in [0.05, 0.1) is 12.7 Å². The molecule has 0 amide bonds. The highest BCUT2D eigenvalue weighted by Crippen LogP contribution is 2.12. The molecule has 18 heavy (non-hydrogen) atoms. The second-order valence-corrected chi connectivity index (χ2v) is 5.66. The molecule has 0 aliphatic carbocycles. The number of aliphatic hydroxyl groups excluding tert-OH is 1. The molecular weight excluding hydrogens is 226 g/mol. The molecule has 0 aromatic heterocycles. The van der Waals surface area contributed by atoms with E-state index in [1.54, 1.807) is 0 Å². The van der Waals surface area contributed by atoms with E-state index >= 15 is 0 Å². The summed E-state index contributed by atoms with van der Waals surface area (Å²) in [6.45, 7) is 11.6. The molecular formula is C15H33NO2. The average molecular weight is 259 g/mol. The molecule has 0 saturated heterocycles. The lowest BCUT2D eigenvalue weighted by molar-refractivity contribution is 0.0192. The van der Waals surface area contributed by atoms with Crippen LogP contribution in [0.3, 0.4) is 0 Å². The summed E-state index contributed by atoms with van der Waals surface area (Å²) in [6.07, 6.45) is 4.56. The molecule has 2 unspecified atom stereocenters. The molecule has 0 heterocycles. The first kappa shape index (κ1) is 17.9. The zero-order chi connectivity index (χ0) is 13.8. The number of ether oxygens (including phenoxy) is 1. The van der Waals surface area contributed by atoms with E-state index in [1.807, 2.05) is 0 Å². The van der Waals surface area contributed by atoms with Gasteiger partial charge in [-0.15, -0.1) is 0 Å². The first-order chi connectivity index (χ1) is 8.60. The molecule has 2 atom stereocenters. The van der Waals surface area contributed by atoms with E-state index in [9.17, 15) is 5.11 Å². The number of nitrogens with one attached hydrogen (secondary N) is 1. The quantitative estimate of drug-likeness (QED) is 0.566. The molecule has 0 spiro atoms. The van der Waals surface area contributed by atoms with Gasteiger partial charge in [0.1, 0.15) is 0 Å². The Labute approximate surface area is 113 Å². The van der Waals surface area contributed by atoms with Crippen molar-refractivity contribution in [1.29, 1.82) is 0 Å². The van der Waals surface area contributed by atoms with Crippen LogP contribution in [0.2, 0.25) is 0 Å². The Morgan fingerprint density at radius 1 is 1.11 bits per heavy atom. The number of unbranched alkanes of at least 4 members (excludes halogenated alkanes) is 1. The van der Waals surface area contributed by atoms with Crippen LogP contribution in [0.25, 0.3) is 0 Å². The standard InChI is InChI=1S/C15H33NO2/c1-5-7-8-14(6-2)11-18-12-15(17)10-16-9-13(3)4/h13-17H,5-12H2,1-4H3. The smallest absolute Gasteiger partial charge is 0.0897 e. The monoisotopic (exact) mass is 259 g/mol. The molecule has 3 nitrogen and oxygen atoms in total. The van der Waals surface area contributed by atoms with Gasteiger partial charge >= 0.3 is 0 Å². The van der Waals surface area contributed by atoms with Crippen molar-refractivity contribution in [3.63, 3.8) is 0 Å². The van der Waals surface area contributed by atoms with Crippen LogP contribution >= 0.6 is 0 Å². The highest BCUT2D eigenvalue weighted by molar-refractivity contribution is 4.61. The van der Waals surface area contributed by atoms with E-state index in [2.05, 4.69) is 33.0 Å². The molecule has 0 radical (unpaired) electrons. The predicted octanol–water partition coefficient (Wildman–Crippen LogP) is 2.83. The maximum absolute atomic E-state index is 9.74. The zero-order valence-corrected chi connectivity index (χ0v) is 12.7. The highest BCUT2D eigenvalue weighted by Gasteiger charge is 2.08. The van der Waals surface area contributed by atoms with Crippen molar-refractivity contribution >= 4 is 0 Å². The van der Waals surface area contributed by atoms with Crippen LogP contribution in [0.15, 0.2) is 0 Å². The molecule has 3 heteroatoms. The topological polar surface area (TPSA) is 41.5 Å². The van der Waals surface area contributed by atoms with Gasteiger partial charge in [0.25, 0.3) is 0 Å². The summed E-state index contributed by atoms with van der Waals surface area (Å²) >= 11 is 0. The predicted molar refractivity (Wildman–Crippen MR) is 77.8 cm³/mol. The van der Waals surface area contributed by atoms with Crippen molar-refractivity contribution in [2.75, 3.05) is 26.3 Å². The first-order valence-corrected chi connectivity index (χ1v) is 7.56. The first-order valence-electron chi connectivity index (χ1n) is 7.56. The lowest BCUT2D eigenvalue weighted by Crippen LogP contribution is -2.33. The lowest BCUT2D eigenvalue weighted by atomic mass is 10.0. The van der Waals surface area contributed by atoms with Crippen LogP contribution < -0.4 is 5.32 Å². The zero-order valence-electron chi connectivity index (χ0n) is 12.7. The summed E-state index contributed by atoms with van der Waals surface area (Å²) in [4.78, 5) is 0. The van der Waals surface area contributed by atoms with Crippen molar-refractivity contribution in [1.82, 2.24) is 5.32 Å². The van der Waals surface area contributed by atoms with Crippen molar-refractivity contribution in [3.05, 3.63) is 0 Å². The minimum atomic E-state index is -0.382. The van der Waals surface area contributed by atoms with E-state index in [0.717, 1.165) is 13.2 Å². The summed E-state index contributed by atoms with van der Waals surface area (Å²) in [5.41, 5.74) is 0. The Morgan fingerprint density at radius 2 is 1.83 bits per heavy atom. The second-order valence-electron chi connectivity index (χ2n) is 5.66. The summed E-state index contributed by atoms with van der Waals surface area (Å²) in [5, 5.41) is 13.0. The van der Waals surface area contributed by atoms with Crippen molar-refractivity contribution in [3.8, 4) is 0 Å². The Bertz CT molecular complexity index is 174. The van der Waals surface area contributed by atoms with Gasteiger partial charge in [-0.05, 0) is 24.8 Å². The number of aliphatic hydroxyl groups is 1. The van der Waals surface area contributed by atoms with Crippen molar-refractivity contribution in [2.24, 2.45) is 11.8 Å². The molecule has 0 bridgehead atoms. The van der Waals surface area contributed by atoms with Gasteiger partial charge in [-0.25, -0.2) is 0 Å². The summed E-state index contributed by atoms with van der Waals surface area (Å²) < 4.78 is 5.61. The Hall–Kier alpha value is -0.120. The van der Waals surface area contributed by atoms with Crippen LogP contribution in [0.5, 0.6) is 0 Å². The fraction of sp³-hybridized carbons (Fsp3) is 1.00. The second kappa shape index (κ2) is 11.9. The third kappa shape index (κ3) is 11.0. The van der Waals surface area contributed by atoms with Gasteiger partial charge in [-0.3, -0.25) is 0 Å². The van der Waals surface area contributed by atoms with E-state index in [-0.39, 0.29) is 6.10 Å². The molecule has 0 aromatic carbocycles. The van der Waals surface area contributed by atoms with Crippen LogP contribution in [-0.4, -0.2) is 37.5 Å². The normalized spacial score (nSPS) is 15.0. The van der Waals surface area contributed by atoms with E-state index < -0.39 is 0 Å². The molecule has 0 fully saturated rings. The highest BCUT2D eigenvalue weighted by atomic mass is 16.5. The van der Waals surface area contributed by atoms with E-state index in [1.165, 1.54) is 25.7 Å². The molecule has 0 aliphatic rings. The van der Waals surface area contributed by atoms with Crippen LogP contribution in [0.4, 0.5) is 0 Å². The van der Waals surface area contributed by atoms with Gasteiger partial charge in [0.2, 0.25) is 0 Å². The average Bonchev–Trinajstić information content (AvgIpc) is 2.33. The van der Waals surface area contributed by atoms with Gasteiger partial charge in [0, 0.05) is 13.2 Å². The SMILES string of the molecule is CCCCC(CC)COCC(O)CNCC(C)C. The van der Waals surface area contributed by atoms with Gasteiger partial charge in [-0.2, -0.15) is 0 Å². The Kier molecular flexibility index (Phi) is 11.9. The third-order valence-electron chi connectivity index (χ3n) is 3.14. The van der Waals surface area contributed by atoms with Crippen LogP contribution in [0, 0.1) is 11.8 Å². The molecule has 0 saturated carbocycles. The fourth-order valence-corrected chi connectivity index (χ4v) is 1.87. The van der Waals surface area contributed by atoms with E-state index in [4.69, 9.17) is 4.74 Å². The largest absolute Gasteiger partial charge is 0.389 e. The fourth-order valence-electron chi connectivity index (χ4n) is 1.87. The number of rotatable bonds is 12. The summed E-state index contributed by atoms with van der Waals surface area (Å²) in [5.74, 6) is 1.28. The maximum Gasteiger partial charge on any atom is 0.0897 e. The number of hydrogen-bond donors (Lipinski definition) is 2. The molecule has 0 aliphatic heterocycles. The minimum absolute atomic E-state index is 0.382. The van der Waals surface area contributed by atoms with Gasteiger partial charge in [-0.1, -0.05) is 47.0 Å². The molecule has 0 rings (SSSR count). The molecule has 0 aromatic rings. The minimum Gasteiger partial charge on any atom is -0.389 e. The lowest BCUT2D eigenvalue weighted by Gasteiger charge is -2.17. The molecule has 110 valence electrons. The van der Waals surface area contributed by atoms with Crippen molar-refractivity contribution in [2.45, 2.75) is 59.5 Å². The third-order valence-corrected chi connectivity index (χ3v) is 3.14. The summed E-state index contributed by atoms with van der Waals surface area (Å²) in [7, 11) is 0. The van der Waals surface area contributed by atoms with Gasteiger partial charge < -0.3 is 15.2 Å². The van der Waals surface area contributed by atoms with Gasteiger partial charge in [0.15, 0.2) is 0 Å². The van der Waals surface area contributed by atoms with Crippen LogP contribution in [-0.2, 0) is 4.74 Å². The Morgan fingerprint density at radius 3 is 2.39 bits per heavy atom. The Balaban J connectivity index is 3.49. The summed E-state index contributed by atoms with van der Waals surface area (Å²) in [6, 6.07) is 0. The van der Waals surface area contributed by atoms with Crippen molar-refractivity contribution < 1.29 is 9.84 Å². The van der Waals surface area contributed by atoms with E-state index in [0.29, 0.717) is 25.0 Å².